The predicted molar refractivity (Wildman–Crippen MR) is 138 cm³/mol. The van der Waals surface area contributed by atoms with Crippen molar-refractivity contribution < 1.29 is 9.59 Å². The first-order valence-electron chi connectivity index (χ1n) is 12.4. The Morgan fingerprint density at radius 3 is 2.61 bits per heavy atom. The summed E-state index contributed by atoms with van der Waals surface area (Å²) in [5, 5.41) is 3.02. The van der Waals surface area contributed by atoms with Gasteiger partial charge in [-0.1, -0.05) is 12.1 Å². The second-order valence-electron chi connectivity index (χ2n) is 9.14. The standard InChI is InChI=1S/C27H30N6O3/c1-3-32-23-9-8-20(15-24(23)33(4-2)27(32)36)26(35)31-12-10-21(17-31)25(34)29-22-7-5-6-19(14-22)16-30-13-11-28-18-30/h5-9,11,13-15,18,21H,3-4,10,12,16-17H2,1-2H3,(H,29,34). The predicted octanol–water partition coefficient (Wildman–Crippen LogP) is 3.19. The van der Waals surface area contributed by atoms with Crippen molar-refractivity contribution in [3.8, 4) is 0 Å². The third kappa shape index (κ3) is 4.44. The fraction of sp³-hybridized carbons (Fsp3) is 0.333. The highest BCUT2D eigenvalue weighted by molar-refractivity contribution is 5.99. The van der Waals surface area contributed by atoms with E-state index in [0.29, 0.717) is 44.7 Å². The van der Waals surface area contributed by atoms with Crippen molar-refractivity contribution in [2.45, 2.75) is 39.9 Å². The molecule has 1 aliphatic rings. The van der Waals surface area contributed by atoms with Gasteiger partial charge in [-0.05, 0) is 56.2 Å². The normalized spacial score (nSPS) is 15.5. The van der Waals surface area contributed by atoms with Crippen molar-refractivity contribution in [2.75, 3.05) is 18.4 Å². The van der Waals surface area contributed by atoms with E-state index in [-0.39, 0.29) is 23.4 Å². The number of anilines is 1. The van der Waals surface area contributed by atoms with E-state index in [1.807, 2.05) is 54.9 Å². The molecule has 5 rings (SSSR count). The van der Waals surface area contributed by atoms with Gasteiger partial charge in [0, 0.05) is 56.4 Å². The molecule has 1 unspecified atom stereocenters. The molecule has 0 saturated carbocycles. The zero-order valence-electron chi connectivity index (χ0n) is 20.6. The first kappa shape index (κ1) is 23.6. The van der Waals surface area contributed by atoms with Gasteiger partial charge in [0.1, 0.15) is 0 Å². The highest BCUT2D eigenvalue weighted by atomic mass is 16.2. The van der Waals surface area contributed by atoms with Gasteiger partial charge >= 0.3 is 5.69 Å². The first-order valence-corrected chi connectivity index (χ1v) is 12.4. The average Bonchev–Trinajstić information content (AvgIpc) is 3.62. The van der Waals surface area contributed by atoms with E-state index in [1.165, 1.54) is 0 Å². The van der Waals surface area contributed by atoms with Gasteiger partial charge in [0.15, 0.2) is 0 Å². The van der Waals surface area contributed by atoms with E-state index >= 15 is 0 Å². The summed E-state index contributed by atoms with van der Waals surface area (Å²) in [6.45, 7) is 6.53. The Morgan fingerprint density at radius 2 is 1.86 bits per heavy atom. The van der Waals surface area contributed by atoms with Crippen LogP contribution >= 0.6 is 0 Å². The minimum absolute atomic E-state index is 0.0633. The summed E-state index contributed by atoms with van der Waals surface area (Å²) in [7, 11) is 0. The van der Waals surface area contributed by atoms with Crippen LogP contribution in [-0.4, -0.2) is 48.5 Å². The number of benzene rings is 2. The molecule has 2 aromatic heterocycles. The maximum atomic E-state index is 13.3. The first-order chi connectivity index (χ1) is 17.5. The van der Waals surface area contributed by atoms with Crippen LogP contribution in [0.1, 0.15) is 36.2 Å². The summed E-state index contributed by atoms with van der Waals surface area (Å²) in [6, 6.07) is 13.2. The Hall–Kier alpha value is -4.14. The van der Waals surface area contributed by atoms with Crippen molar-refractivity contribution >= 4 is 28.5 Å². The van der Waals surface area contributed by atoms with Crippen LogP contribution in [-0.2, 0) is 24.4 Å². The van der Waals surface area contributed by atoms with E-state index in [2.05, 4.69) is 10.3 Å². The maximum absolute atomic E-state index is 13.3. The Balaban J connectivity index is 1.26. The molecule has 1 fully saturated rings. The molecule has 1 saturated heterocycles. The van der Waals surface area contributed by atoms with Gasteiger partial charge in [-0.15, -0.1) is 0 Å². The lowest BCUT2D eigenvalue weighted by Gasteiger charge is -2.17. The Labute approximate surface area is 209 Å². The number of amides is 2. The third-order valence-electron chi connectivity index (χ3n) is 6.86. The molecule has 0 aliphatic carbocycles. The third-order valence-corrected chi connectivity index (χ3v) is 6.86. The summed E-state index contributed by atoms with van der Waals surface area (Å²) in [5.41, 5.74) is 3.87. The van der Waals surface area contributed by atoms with Crippen LogP contribution in [0.2, 0.25) is 0 Å². The number of hydrogen-bond donors (Lipinski definition) is 1. The van der Waals surface area contributed by atoms with Crippen LogP contribution < -0.4 is 11.0 Å². The molecule has 9 heteroatoms. The quantitative estimate of drug-likeness (QED) is 0.434. The summed E-state index contributed by atoms with van der Waals surface area (Å²) >= 11 is 0. The van der Waals surface area contributed by atoms with Gasteiger partial charge < -0.3 is 14.8 Å². The lowest BCUT2D eigenvalue weighted by molar-refractivity contribution is -0.119. The monoisotopic (exact) mass is 486 g/mol. The number of carbonyl (C=O) groups is 2. The molecule has 0 spiro atoms. The number of likely N-dealkylation sites (tertiary alicyclic amines) is 1. The Bertz CT molecular complexity index is 1470. The van der Waals surface area contributed by atoms with Crippen molar-refractivity contribution in [1.29, 1.82) is 0 Å². The molecule has 4 aromatic rings. The van der Waals surface area contributed by atoms with E-state index in [1.54, 1.807) is 38.7 Å². The lowest BCUT2D eigenvalue weighted by Crippen LogP contribution is -2.31. The largest absolute Gasteiger partial charge is 0.338 e. The summed E-state index contributed by atoms with van der Waals surface area (Å²) < 4.78 is 5.38. The van der Waals surface area contributed by atoms with Crippen LogP contribution in [0.25, 0.3) is 11.0 Å². The fourth-order valence-corrected chi connectivity index (χ4v) is 4.99. The van der Waals surface area contributed by atoms with Crippen LogP contribution in [0.5, 0.6) is 0 Å². The van der Waals surface area contributed by atoms with Gasteiger partial charge in [-0.3, -0.25) is 18.7 Å². The number of rotatable bonds is 7. The number of imidazole rings is 2. The molecule has 1 N–H and O–H groups in total. The zero-order valence-corrected chi connectivity index (χ0v) is 20.6. The molecule has 186 valence electrons. The molecular formula is C27H30N6O3. The molecule has 3 heterocycles. The summed E-state index contributed by atoms with van der Waals surface area (Å²) in [5.74, 6) is -0.473. The van der Waals surface area contributed by atoms with Crippen molar-refractivity contribution in [2.24, 2.45) is 5.92 Å². The second kappa shape index (κ2) is 9.85. The van der Waals surface area contributed by atoms with Crippen LogP contribution in [0.4, 0.5) is 5.69 Å². The molecule has 2 amide bonds. The van der Waals surface area contributed by atoms with E-state index in [0.717, 1.165) is 22.3 Å². The van der Waals surface area contributed by atoms with Crippen molar-refractivity contribution in [3.05, 3.63) is 82.8 Å². The number of aryl methyl sites for hydroxylation is 2. The van der Waals surface area contributed by atoms with E-state index in [9.17, 15) is 14.4 Å². The number of nitrogens with zero attached hydrogens (tertiary/aromatic N) is 5. The number of aromatic nitrogens is 4. The number of nitrogens with one attached hydrogen (secondary N) is 1. The fourth-order valence-electron chi connectivity index (χ4n) is 4.99. The van der Waals surface area contributed by atoms with E-state index in [4.69, 9.17) is 0 Å². The number of carbonyl (C=O) groups excluding carboxylic acids is 2. The van der Waals surface area contributed by atoms with Gasteiger partial charge in [0.25, 0.3) is 5.91 Å². The highest BCUT2D eigenvalue weighted by Crippen LogP contribution is 2.23. The summed E-state index contributed by atoms with van der Waals surface area (Å²) in [4.78, 5) is 44.7. The van der Waals surface area contributed by atoms with Crippen LogP contribution in [0, 0.1) is 5.92 Å². The molecular weight excluding hydrogens is 456 g/mol. The topological polar surface area (TPSA) is 94.2 Å². The molecule has 0 radical (unpaired) electrons. The SMILES string of the molecule is CCn1c(=O)n(CC)c2cc(C(=O)N3CCC(C(=O)Nc4cccc(Cn5ccnc5)c4)C3)ccc21. The molecule has 9 nitrogen and oxygen atoms in total. The highest BCUT2D eigenvalue weighted by Gasteiger charge is 2.32. The van der Waals surface area contributed by atoms with Crippen molar-refractivity contribution in [3.63, 3.8) is 0 Å². The minimum atomic E-state index is -0.273. The van der Waals surface area contributed by atoms with Gasteiger partial charge in [0.2, 0.25) is 5.91 Å². The lowest BCUT2D eigenvalue weighted by atomic mass is 10.1. The molecule has 36 heavy (non-hydrogen) atoms. The number of hydrogen-bond acceptors (Lipinski definition) is 4. The molecule has 0 bridgehead atoms. The number of fused-ring (bicyclic) bond motifs is 1. The Morgan fingerprint density at radius 1 is 1.06 bits per heavy atom. The van der Waals surface area contributed by atoms with Gasteiger partial charge in [-0.2, -0.15) is 0 Å². The smallest absolute Gasteiger partial charge is 0.329 e. The van der Waals surface area contributed by atoms with Gasteiger partial charge in [0.05, 0.1) is 23.3 Å². The molecule has 1 atom stereocenters. The molecule has 1 aliphatic heterocycles. The zero-order chi connectivity index (χ0) is 25.2. The van der Waals surface area contributed by atoms with Gasteiger partial charge in [-0.25, -0.2) is 9.78 Å². The minimum Gasteiger partial charge on any atom is -0.338 e. The average molecular weight is 487 g/mol. The summed E-state index contributed by atoms with van der Waals surface area (Å²) in [6.07, 6.45) is 6.00. The van der Waals surface area contributed by atoms with Crippen LogP contribution in [0.15, 0.2) is 66.0 Å². The maximum Gasteiger partial charge on any atom is 0.329 e. The Kier molecular flexibility index (Phi) is 6.45. The van der Waals surface area contributed by atoms with Crippen LogP contribution in [0.3, 0.4) is 0 Å². The van der Waals surface area contributed by atoms with Crippen molar-refractivity contribution in [1.82, 2.24) is 23.6 Å². The van der Waals surface area contributed by atoms with E-state index < -0.39 is 0 Å². The molecule has 2 aromatic carbocycles. The second-order valence-corrected chi connectivity index (χ2v) is 9.14.